The summed E-state index contributed by atoms with van der Waals surface area (Å²) in [5.41, 5.74) is -0.208. The Morgan fingerprint density at radius 2 is 1.68 bits per heavy atom. The fourth-order valence-corrected chi connectivity index (χ4v) is 4.91. The number of carbonyl (C=O) groups is 2. The number of benzene rings is 2. The van der Waals surface area contributed by atoms with E-state index in [9.17, 15) is 14.7 Å². The van der Waals surface area contributed by atoms with Gasteiger partial charge in [-0.2, -0.15) is 0 Å². The number of carbonyl (C=O) groups excluding carboxylic acids is 2. The number of aliphatic hydroxyl groups excluding tert-OH is 1. The summed E-state index contributed by atoms with van der Waals surface area (Å²) in [4.78, 5) is 37.2. The predicted octanol–water partition coefficient (Wildman–Crippen LogP) is 6.23. The Bertz CT molecular complexity index is 1300. The van der Waals surface area contributed by atoms with Crippen LogP contribution in [-0.2, 0) is 4.74 Å². The minimum absolute atomic E-state index is 0.0679. The molecular formula is C29H32Cl2N4O5. The Kier molecular flexibility index (Phi) is 9.50. The minimum Gasteiger partial charge on any atom is -0.457 e. The minimum atomic E-state index is -0.961. The van der Waals surface area contributed by atoms with E-state index in [2.05, 4.69) is 9.97 Å². The number of nitrogens with zero attached hydrogens (tertiary/aromatic N) is 4. The Morgan fingerprint density at radius 1 is 1.05 bits per heavy atom. The molecule has 1 fully saturated rings. The third-order valence-electron chi connectivity index (χ3n) is 6.36. The van der Waals surface area contributed by atoms with E-state index < -0.39 is 23.7 Å². The van der Waals surface area contributed by atoms with Crippen LogP contribution in [0.3, 0.4) is 0 Å². The van der Waals surface area contributed by atoms with Gasteiger partial charge in [0.15, 0.2) is 0 Å². The molecule has 2 heterocycles. The lowest BCUT2D eigenvalue weighted by Gasteiger charge is -2.37. The van der Waals surface area contributed by atoms with Gasteiger partial charge in [0.25, 0.3) is 5.91 Å². The van der Waals surface area contributed by atoms with Crippen LogP contribution in [0.2, 0.25) is 10.3 Å². The van der Waals surface area contributed by atoms with E-state index in [1.807, 2.05) is 51.1 Å². The molecule has 1 N–H and O–H groups in total. The zero-order chi connectivity index (χ0) is 28.9. The van der Waals surface area contributed by atoms with E-state index in [1.54, 1.807) is 29.2 Å². The number of anilines is 1. The Labute approximate surface area is 243 Å². The molecule has 1 saturated heterocycles. The van der Waals surface area contributed by atoms with Gasteiger partial charge in [0.05, 0.1) is 12.6 Å². The molecule has 9 nitrogen and oxygen atoms in total. The number of para-hydroxylation sites is 1. The van der Waals surface area contributed by atoms with Crippen molar-refractivity contribution in [2.45, 2.75) is 45.3 Å². The lowest BCUT2D eigenvalue weighted by Crippen LogP contribution is -2.48. The lowest BCUT2D eigenvalue weighted by molar-refractivity contribution is 0.00384. The quantitative estimate of drug-likeness (QED) is 0.327. The van der Waals surface area contributed by atoms with Gasteiger partial charge in [-0.15, -0.1) is 0 Å². The summed E-state index contributed by atoms with van der Waals surface area (Å²) in [5.74, 6) is 0.397. The summed E-state index contributed by atoms with van der Waals surface area (Å²) >= 11 is 12.5. The molecule has 0 saturated carbocycles. The summed E-state index contributed by atoms with van der Waals surface area (Å²) in [6.45, 7) is 6.19. The van der Waals surface area contributed by atoms with E-state index in [0.717, 1.165) is 0 Å². The molecule has 0 radical (unpaired) electrons. The number of rotatable bonds is 7. The Balaban J connectivity index is 1.56. The van der Waals surface area contributed by atoms with Crippen molar-refractivity contribution >= 4 is 40.9 Å². The maximum Gasteiger partial charge on any atom is 0.410 e. The average Bonchev–Trinajstić information content (AvgIpc) is 2.92. The summed E-state index contributed by atoms with van der Waals surface area (Å²) in [6, 6.07) is 16.2. The zero-order valence-electron chi connectivity index (χ0n) is 22.6. The van der Waals surface area contributed by atoms with E-state index in [4.69, 9.17) is 32.7 Å². The van der Waals surface area contributed by atoms with Gasteiger partial charge in [-0.3, -0.25) is 4.79 Å². The van der Waals surface area contributed by atoms with Crippen molar-refractivity contribution in [1.29, 1.82) is 0 Å². The van der Waals surface area contributed by atoms with Gasteiger partial charge < -0.3 is 24.4 Å². The topological polar surface area (TPSA) is 105 Å². The molecule has 0 aliphatic carbocycles. The summed E-state index contributed by atoms with van der Waals surface area (Å²) in [5, 5.41) is 11.1. The van der Waals surface area contributed by atoms with Gasteiger partial charge in [0, 0.05) is 24.7 Å². The molecule has 0 bridgehead atoms. The third kappa shape index (κ3) is 7.62. The van der Waals surface area contributed by atoms with Crippen LogP contribution in [0.5, 0.6) is 11.5 Å². The number of amides is 2. The number of hydrogen-bond donors (Lipinski definition) is 1. The lowest BCUT2D eigenvalue weighted by atomic mass is 9.92. The van der Waals surface area contributed by atoms with Crippen molar-refractivity contribution in [2.24, 2.45) is 5.92 Å². The Morgan fingerprint density at radius 3 is 2.30 bits per heavy atom. The second-order valence-corrected chi connectivity index (χ2v) is 11.3. The van der Waals surface area contributed by atoms with Crippen molar-refractivity contribution in [1.82, 2.24) is 14.9 Å². The van der Waals surface area contributed by atoms with Crippen LogP contribution in [0.25, 0.3) is 0 Å². The van der Waals surface area contributed by atoms with Crippen LogP contribution >= 0.6 is 23.2 Å². The number of hydrogen-bond acceptors (Lipinski definition) is 7. The molecule has 4 rings (SSSR count). The van der Waals surface area contributed by atoms with E-state index in [0.29, 0.717) is 43.1 Å². The molecule has 2 aromatic carbocycles. The fourth-order valence-electron chi connectivity index (χ4n) is 4.43. The third-order valence-corrected chi connectivity index (χ3v) is 6.94. The number of likely N-dealkylation sites (tertiary alicyclic amines) is 1. The van der Waals surface area contributed by atoms with Crippen molar-refractivity contribution < 1.29 is 24.2 Å². The molecule has 212 valence electrons. The van der Waals surface area contributed by atoms with Crippen LogP contribution in [0.15, 0.2) is 60.9 Å². The van der Waals surface area contributed by atoms with Gasteiger partial charge in [-0.1, -0.05) is 41.4 Å². The Hall–Kier alpha value is -3.40. The van der Waals surface area contributed by atoms with E-state index >= 15 is 0 Å². The van der Waals surface area contributed by atoms with Gasteiger partial charge in [-0.05, 0) is 70.0 Å². The smallest absolute Gasteiger partial charge is 0.410 e. The van der Waals surface area contributed by atoms with Crippen LogP contribution < -0.4 is 9.64 Å². The summed E-state index contributed by atoms with van der Waals surface area (Å²) in [7, 11) is 0. The molecule has 40 heavy (non-hydrogen) atoms. The number of ether oxygens (including phenoxy) is 2. The highest BCUT2D eigenvalue weighted by Crippen LogP contribution is 2.30. The van der Waals surface area contributed by atoms with Gasteiger partial charge in [-0.25, -0.2) is 14.8 Å². The van der Waals surface area contributed by atoms with Crippen molar-refractivity contribution in [3.8, 4) is 11.5 Å². The normalized spacial score (nSPS) is 16.2. The highest BCUT2D eigenvalue weighted by atomic mass is 35.5. The van der Waals surface area contributed by atoms with Gasteiger partial charge in [0.1, 0.15) is 39.3 Å². The van der Waals surface area contributed by atoms with Gasteiger partial charge >= 0.3 is 6.09 Å². The molecule has 11 heteroatoms. The number of halogens is 2. The molecule has 1 aromatic heterocycles. The van der Waals surface area contributed by atoms with Crippen molar-refractivity contribution in [3.63, 3.8) is 0 Å². The number of aliphatic hydroxyl groups is 1. The van der Waals surface area contributed by atoms with Crippen molar-refractivity contribution in [2.75, 3.05) is 24.5 Å². The number of piperidine rings is 1. The highest BCUT2D eigenvalue weighted by molar-refractivity contribution is 6.39. The molecule has 2 amide bonds. The SMILES string of the molecule is CC(C)(C)OC(=O)N1CCCC(C(O)CN(C(=O)c2c(Cl)ncnc2Cl)c2ccc(Oc3ccccc3)cc2)C1. The molecule has 0 spiro atoms. The molecule has 1 aliphatic heterocycles. The van der Waals surface area contributed by atoms with Crippen LogP contribution in [0.4, 0.5) is 10.5 Å². The first-order valence-electron chi connectivity index (χ1n) is 13.0. The highest BCUT2D eigenvalue weighted by Gasteiger charge is 2.34. The zero-order valence-corrected chi connectivity index (χ0v) is 24.1. The van der Waals surface area contributed by atoms with Crippen LogP contribution in [0, 0.1) is 5.92 Å². The number of aromatic nitrogens is 2. The van der Waals surface area contributed by atoms with Gasteiger partial charge in [0.2, 0.25) is 0 Å². The van der Waals surface area contributed by atoms with Crippen LogP contribution in [-0.4, -0.2) is 63.3 Å². The van der Waals surface area contributed by atoms with Crippen LogP contribution in [0.1, 0.15) is 44.0 Å². The average molecular weight is 588 g/mol. The van der Waals surface area contributed by atoms with E-state index in [1.165, 1.54) is 11.2 Å². The summed E-state index contributed by atoms with van der Waals surface area (Å²) in [6.07, 6.45) is 1.17. The molecule has 2 unspecified atom stereocenters. The molecule has 1 aliphatic rings. The monoisotopic (exact) mass is 586 g/mol. The van der Waals surface area contributed by atoms with Crippen molar-refractivity contribution in [3.05, 3.63) is 76.8 Å². The molecule has 3 aromatic rings. The second kappa shape index (κ2) is 12.8. The standard InChI is InChI=1S/C29H32Cl2N4O5/c1-29(2,3)40-28(38)34-15-7-8-19(16-34)23(36)17-35(27(37)24-25(30)32-18-33-26(24)31)20-11-13-22(14-12-20)39-21-9-5-4-6-10-21/h4-6,9-14,18-19,23,36H,7-8,15-17H2,1-3H3. The maximum atomic E-state index is 13.8. The fraction of sp³-hybridized carbons (Fsp3) is 0.379. The first-order chi connectivity index (χ1) is 19.0. The summed E-state index contributed by atoms with van der Waals surface area (Å²) < 4.78 is 11.4. The maximum absolute atomic E-state index is 13.8. The first-order valence-corrected chi connectivity index (χ1v) is 13.7. The largest absolute Gasteiger partial charge is 0.457 e. The second-order valence-electron chi connectivity index (χ2n) is 10.6. The molecule has 2 atom stereocenters. The first kappa shape index (κ1) is 29.6. The predicted molar refractivity (Wildman–Crippen MR) is 153 cm³/mol. The molecular weight excluding hydrogens is 555 g/mol. The van der Waals surface area contributed by atoms with E-state index in [-0.39, 0.29) is 28.3 Å².